The lowest BCUT2D eigenvalue weighted by atomic mass is 10.0. The van der Waals surface area contributed by atoms with E-state index in [0.29, 0.717) is 15.9 Å². The molecule has 1 rings (SSSR count). The van der Waals surface area contributed by atoms with E-state index in [0.717, 1.165) is 6.54 Å². The maximum atomic E-state index is 6.01. The van der Waals surface area contributed by atoms with Crippen LogP contribution < -0.4 is 5.32 Å². The molecule has 0 aliphatic rings. The summed E-state index contributed by atoms with van der Waals surface area (Å²) in [4.78, 5) is 6.29. The molecule has 0 saturated heterocycles. The SMILES string of the molecule is CN(C)C(C)(C)CNc1ncc(Cl)cc1Cl. The van der Waals surface area contributed by atoms with Crippen LogP contribution in [0.15, 0.2) is 12.3 Å². The first-order valence-corrected chi connectivity index (χ1v) is 5.81. The average Bonchev–Trinajstić information content (AvgIpc) is 2.16. The Labute approximate surface area is 107 Å². The van der Waals surface area contributed by atoms with Crippen LogP contribution in [0.25, 0.3) is 0 Å². The van der Waals surface area contributed by atoms with E-state index >= 15 is 0 Å². The molecule has 0 aliphatic carbocycles. The second-order valence-electron chi connectivity index (χ2n) is 4.54. The van der Waals surface area contributed by atoms with Crippen molar-refractivity contribution in [3.05, 3.63) is 22.3 Å². The van der Waals surface area contributed by atoms with Gasteiger partial charge < -0.3 is 10.2 Å². The lowest BCUT2D eigenvalue weighted by Crippen LogP contribution is -2.44. The molecule has 0 unspecified atom stereocenters. The van der Waals surface area contributed by atoms with Crippen LogP contribution in [0.3, 0.4) is 0 Å². The van der Waals surface area contributed by atoms with E-state index in [4.69, 9.17) is 23.2 Å². The summed E-state index contributed by atoms with van der Waals surface area (Å²) in [7, 11) is 4.08. The Balaban J connectivity index is 2.68. The first-order valence-electron chi connectivity index (χ1n) is 5.05. The molecule has 0 aromatic carbocycles. The van der Waals surface area contributed by atoms with Crippen molar-refractivity contribution >= 4 is 29.0 Å². The van der Waals surface area contributed by atoms with E-state index in [1.807, 2.05) is 14.1 Å². The van der Waals surface area contributed by atoms with Crippen LogP contribution in [0.1, 0.15) is 13.8 Å². The predicted molar refractivity (Wildman–Crippen MR) is 70.5 cm³/mol. The van der Waals surface area contributed by atoms with Crippen molar-refractivity contribution in [1.29, 1.82) is 0 Å². The van der Waals surface area contributed by atoms with E-state index in [-0.39, 0.29) is 5.54 Å². The van der Waals surface area contributed by atoms with Crippen molar-refractivity contribution in [1.82, 2.24) is 9.88 Å². The Morgan fingerprint density at radius 2 is 2.00 bits per heavy atom. The van der Waals surface area contributed by atoms with Gasteiger partial charge in [0.05, 0.1) is 10.0 Å². The molecule has 0 aliphatic heterocycles. The zero-order valence-corrected chi connectivity index (χ0v) is 11.5. The fourth-order valence-corrected chi connectivity index (χ4v) is 1.45. The molecule has 1 aromatic heterocycles. The van der Waals surface area contributed by atoms with E-state index in [2.05, 4.69) is 29.0 Å². The van der Waals surface area contributed by atoms with Gasteiger partial charge in [0.15, 0.2) is 0 Å². The van der Waals surface area contributed by atoms with Crippen LogP contribution >= 0.6 is 23.2 Å². The number of nitrogens with one attached hydrogen (secondary N) is 1. The minimum atomic E-state index is 0.0324. The molecule has 90 valence electrons. The maximum absolute atomic E-state index is 6.01. The van der Waals surface area contributed by atoms with Crippen LogP contribution in [0.2, 0.25) is 10.0 Å². The highest BCUT2D eigenvalue weighted by atomic mass is 35.5. The molecule has 3 nitrogen and oxygen atoms in total. The fraction of sp³-hybridized carbons (Fsp3) is 0.545. The van der Waals surface area contributed by atoms with Crippen molar-refractivity contribution < 1.29 is 0 Å². The molecule has 0 radical (unpaired) electrons. The molecule has 0 spiro atoms. The van der Waals surface area contributed by atoms with Crippen LogP contribution in [-0.2, 0) is 0 Å². The molecule has 1 aromatic rings. The number of likely N-dealkylation sites (N-methyl/N-ethyl adjacent to an activating group) is 1. The standard InChI is InChI=1S/C11H17Cl2N3/c1-11(2,16(3)4)7-15-10-9(13)5-8(12)6-14-10/h5-6H,7H2,1-4H3,(H,14,15). The minimum absolute atomic E-state index is 0.0324. The average molecular weight is 262 g/mol. The third-order valence-corrected chi connectivity index (χ3v) is 3.20. The Kier molecular flexibility index (Phi) is 4.42. The van der Waals surface area contributed by atoms with Gasteiger partial charge in [0, 0.05) is 18.3 Å². The van der Waals surface area contributed by atoms with Gasteiger partial charge in [0.1, 0.15) is 5.82 Å². The number of halogens is 2. The molecule has 1 heterocycles. The fourth-order valence-electron chi connectivity index (χ4n) is 1.00. The van der Waals surface area contributed by atoms with Gasteiger partial charge >= 0.3 is 0 Å². The van der Waals surface area contributed by atoms with Gasteiger partial charge in [-0.15, -0.1) is 0 Å². The summed E-state index contributed by atoms with van der Waals surface area (Å²) in [6.45, 7) is 5.04. The normalized spacial score (nSPS) is 11.9. The van der Waals surface area contributed by atoms with Gasteiger partial charge in [0.25, 0.3) is 0 Å². The summed E-state index contributed by atoms with van der Waals surface area (Å²) >= 11 is 11.8. The molecule has 5 heteroatoms. The third-order valence-electron chi connectivity index (χ3n) is 2.71. The second-order valence-corrected chi connectivity index (χ2v) is 5.39. The number of aromatic nitrogens is 1. The summed E-state index contributed by atoms with van der Waals surface area (Å²) < 4.78 is 0. The van der Waals surface area contributed by atoms with Crippen molar-refractivity contribution in [2.75, 3.05) is 26.0 Å². The number of nitrogens with zero attached hydrogens (tertiary/aromatic N) is 2. The quantitative estimate of drug-likeness (QED) is 0.903. The van der Waals surface area contributed by atoms with E-state index in [1.165, 1.54) is 0 Å². The smallest absolute Gasteiger partial charge is 0.144 e. The molecule has 1 N–H and O–H groups in total. The van der Waals surface area contributed by atoms with Crippen LogP contribution in [0, 0.1) is 0 Å². The molecule has 0 fully saturated rings. The number of hydrogen-bond acceptors (Lipinski definition) is 3. The molecule has 0 saturated carbocycles. The monoisotopic (exact) mass is 261 g/mol. The lowest BCUT2D eigenvalue weighted by molar-refractivity contribution is 0.210. The van der Waals surface area contributed by atoms with Crippen LogP contribution in [0.5, 0.6) is 0 Å². The molecule has 0 bridgehead atoms. The molecular formula is C11H17Cl2N3. The number of anilines is 1. The van der Waals surface area contributed by atoms with Gasteiger partial charge in [0.2, 0.25) is 0 Å². The van der Waals surface area contributed by atoms with Crippen molar-refractivity contribution in [2.45, 2.75) is 19.4 Å². The first kappa shape index (κ1) is 13.6. The van der Waals surface area contributed by atoms with Gasteiger partial charge in [-0.05, 0) is 34.0 Å². The third kappa shape index (κ3) is 3.51. The van der Waals surface area contributed by atoms with Gasteiger partial charge in [-0.25, -0.2) is 4.98 Å². The zero-order chi connectivity index (χ0) is 12.3. The Bertz CT molecular complexity index is 364. The Morgan fingerprint density at radius 1 is 1.38 bits per heavy atom. The first-order chi connectivity index (χ1) is 7.33. The predicted octanol–water partition coefficient (Wildman–Crippen LogP) is 3.14. The summed E-state index contributed by atoms with van der Waals surface area (Å²) in [6, 6.07) is 1.68. The highest BCUT2D eigenvalue weighted by molar-refractivity contribution is 6.35. The molecule has 0 atom stereocenters. The Morgan fingerprint density at radius 3 is 2.50 bits per heavy atom. The summed E-state index contributed by atoms with van der Waals surface area (Å²) in [6.07, 6.45) is 1.58. The van der Waals surface area contributed by atoms with E-state index in [9.17, 15) is 0 Å². The number of hydrogen-bond donors (Lipinski definition) is 1. The van der Waals surface area contributed by atoms with E-state index < -0.39 is 0 Å². The van der Waals surface area contributed by atoms with Crippen molar-refractivity contribution in [2.24, 2.45) is 0 Å². The van der Waals surface area contributed by atoms with Crippen LogP contribution in [0.4, 0.5) is 5.82 Å². The largest absolute Gasteiger partial charge is 0.367 e. The Hall–Kier alpha value is -0.510. The zero-order valence-electron chi connectivity index (χ0n) is 10.0. The summed E-state index contributed by atoms with van der Waals surface area (Å²) in [5, 5.41) is 4.31. The van der Waals surface area contributed by atoms with Crippen molar-refractivity contribution in [3.8, 4) is 0 Å². The molecule has 0 amide bonds. The maximum Gasteiger partial charge on any atom is 0.144 e. The minimum Gasteiger partial charge on any atom is -0.367 e. The summed E-state index contributed by atoms with van der Waals surface area (Å²) in [5.74, 6) is 0.668. The molecular weight excluding hydrogens is 245 g/mol. The van der Waals surface area contributed by atoms with Gasteiger partial charge in [-0.1, -0.05) is 23.2 Å². The van der Waals surface area contributed by atoms with Crippen molar-refractivity contribution in [3.63, 3.8) is 0 Å². The number of rotatable bonds is 4. The highest BCUT2D eigenvalue weighted by Crippen LogP contribution is 2.23. The topological polar surface area (TPSA) is 28.2 Å². The summed E-state index contributed by atoms with van der Waals surface area (Å²) in [5.41, 5.74) is 0.0324. The van der Waals surface area contributed by atoms with E-state index in [1.54, 1.807) is 12.3 Å². The number of pyridine rings is 1. The lowest BCUT2D eigenvalue weighted by Gasteiger charge is -2.32. The highest BCUT2D eigenvalue weighted by Gasteiger charge is 2.20. The molecule has 16 heavy (non-hydrogen) atoms. The van der Waals surface area contributed by atoms with Gasteiger partial charge in [-0.3, -0.25) is 0 Å². The van der Waals surface area contributed by atoms with Gasteiger partial charge in [-0.2, -0.15) is 0 Å². The van der Waals surface area contributed by atoms with Crippen LogP contribution in [-0.4, -0.2) is 36.1 Å². The second kappa shape index (κ2) is 5.21.